The highest BCUT2D eigenvalue weighted by Gasteiger charge is 2.34. The molecule has 0 radical (unpaired) electrons. The van der Waals surface area contributed by atoms with E-state index < -0.39 is 15.6 Å². The highest BCUT2D eigenvalue weighted by molar-refractivity contribution is 7.89. The quantitative estimate of drug-likeness (QED) is 0.776. The maximum absolute atomic E-state index is 12.1. The zero-order valence-corrected chi connectivity index (χ0v) is 13.4. The molecule has 1 aromatic rings. The van der Waals surface area contributed by atoms with Gasteiger partial charge in [-0.15, -0.1) is 0 Å². The zero-order chi connectivity index (χ0) is 15.5. The molecule has 0 amide bonds. The number of hydrogen-bond donors (Lipinski definition) is 3. The average Bonchev–Trinajstić information content (AvgIpc) is 2.50. The Morgan fingerprint density at radius 1 is 1.29 bits per heavy atom. The molecule has 6 heteroatoms. The van der Waals surface area contributed by atoms with Crippen LogP contribution in [0.15, 0.2) is 29.2 Å². The summed E-state index contributed by atoms with van der Waals surface area (Å²) < 4.78 is 26.5. The number of rotatable bonds is 5. The minimum atomic E-state index is -3.52. The lowest BCUT2D eigenvalue weighted by atomic mass is 9.77. The molecule has 0 aliphatic heterocycles. The number of aliphatic hydroxyl groups is 1. The van der Waals surface area contributed by atoms with Gasteiger partial charge < -0.3 is 10.4 Å². The van der Waals surface area contributed by atoms with Gasteiger partial charge in [-0.1, -0.05) is 19.1 Å². The number of anilines is 1. The van der Waals surface area contributed by atoms with Gasteiger partial charge in [-0.05, 0) is 50.8 Å². The molecule has 1 aliphatic rings. The first-order valence-electron chi connectivity index (χ1n) is 7.34. The number of hydrogen-bond acceptors (Lipinski definition) is 4. The Morgan fingerprint density at radius 2 is 1.90 bits per heavy atom. The van der Waals surface area contributed by atoms with E-state index in [1.165, 1.54) is 7.05 Å². The Hall–Kier alpha value is -1.11. The minimum absolute atomic E-state index is 0.00759. The second-order valence-electron chi connectivity index (χ2n) is 5.95. The summed E-state index contributed by atoms with van der Waals surface area (Å²) in [5.74, 6) is 0.655. The highest BCUT2D eigenvalue weighted by atomic mass is 32.2. The van der Waals surface area contributed by atoms with Crippen LogP contribution in [0.2, 0.25) is 0 Å². The molecule has 2 rings (SSSR count). The van der Waals surface area contributed by atoms with Crippen LogP contribution in [-0.2, 0) is 10.0 Å². The molecule has 1 aromatic carbocycles. The van der Waals surface area contributed by atoms with Crippen molar-refractivity contribution in [3.63, 3.8) is 0 Å². The SMILES string of the molecule is CNS(=O)(=O)c1ccccc1NC1(CO)CCC(C)CC1. The second-order valence-corrected chi connectivity index (χ2v) is 7.80. The lowest BCUT2D eigenvalue weighted by molar-refractivity contribution is 0.155. The first-order chi connectivity index (χ1) is 9.92. The zero-order valence-electron chi connectivity index (χ0n) is 12.6. The Kier molecular flexibility index (Phi) is 4.91. The van der Waals surface area contributed by atoms with Crippen LogP contribution in [0, 0.1) is 5.92 Å². The average molecular weight is 312 g/mol. The Morgan fingerprint density at radius 3 is 2.48 bits per heavy atom. The first kappa shape index (κ1) is 16.3. The fourth-order valence-corrected chi connectivity index (χ4v) is 3.72. The molecule has 5 nitrogen and oxygen atoms in total. The number of para-hydroxylation sites is 1. The topological polar surface area (TPSA) is 78.4 Å². The van der Waals surface area contributed by atoms with Crippen molar-refractivity contribution < 1.29 is 13.5 Å². The van der Waals surface area contributed by atoms with Gasteiger partial charge in [0.05, 0.1) is 17.8 Å². The molecule has 0 unspecified atom stereocenters. The summed E-state index contributed by atoms with van der Waals surface area (Å²) in [6.45, 7) is 2.22. The molecule has 0 bridgehead atoms. The number of nitrogens with one attached hydrogen (secondary N) is 2. The molecule has 21 heavy (non-hydrogen) atoms. The lowest BCUT2D eigenvalue weighted by Crippen LogP contribution is -2.45. The smallest absolute Gasteiger partial charge is 0.242 e. The van der Waals surface area contributed by atoms with Crippen LogP contribution in [0.1, 0.15) is 32.6 Å². The normalized spacial score (nSPS) is 26.5. The van der Waals surface area contributed by atoms with E-state index in [2.05, 4.69) is 17.0 Å². The van der Waals surface area contributed by atoms with E-state index in [9.17, 15) is 13.5 Å². The summed E-state index contributed by atoms with van der Waals surface area (Å²) in [5, 5.41) is 13.1. The van der Waals surface area contributed by atoms with Crippen LogP contribution >= 0.6 is 0 Å². The van der Waals surface area contributed by atoms with E-state index in [1.807, 2.05) is 0 Å². The van der Waals surface area contributed by atoms with Gasteiger partial charge in [-0.3, -0.25) is 0 Å². The van der Waals surface area contributed by atoms with Crippen LogP contribution in [0.5, 0.6) is 0 Å². The van der Waals surface area contributed by atoms with Gasteiger partial charge in [-0.25, -0.2) is 13.1 Å². The van der Waals surface area contributed by atoms with E-state index in [0.29, 0.717) is 11.6 Å². The van der Waals surface area contributed by atoms with Gasteiger partial charge in [0.2, 0.25) is 10.0 Å². The van der Waals surface area contributed by atoms with Crippen molar-refractivity contribution in [2.75, 3.05) is 19.0 Å². The summed E-state index contributed by atoms with van der Waals surface area (Å²) in [6.07, 6.45) is 3.76. The van der Waals surface area contributed by atoms with Crippen molar-refractivity contribution in [3.8, 4) is 0 Å². The molecular weight excluding hydrogens is 288 g/mol. The molecule has 1 fully saturated rings. The van der Waals surface area contributed by atoms with Crippen molar-refractivity contribution in [3.05, 3.63) is 24.3 Å². The van der Waals surface area contributed by atoms with Crippen molar-refractivity contribution in [1.29, 1.82) is 0 Å². The number of benzene rings is 1. The minimum Gasteiger partial charge on any atom is -0.394 e. The molecule has 0 heterocycles. The standard InChI is InChI=1S/C15H24N2O3S/c1-12-7-9-15(11-18,10-8-12)17-13-5-3-4-6-14(13)21(19,20)16-2/h3-6,12,16-18H,7-11H2,1-2H3. The second kappa shape index (κ2) is 6.34. The largest absolute Gasteiger partial charge is 0.394 e. The Bertz CT molecular complexity index is 578. The number of aliphatic hydroxyl groups excluding tert-OH is 1. The van der Waals surface area contributed by atoms with Crippen LogP contribution in [0.3, 0.4) is 0 Å². The molecule has 0 saturated heterocycles. The Labute approximate surface area is 126 Å². The summed E-state index contributed by atoms with van der Waals surface area (Å²) in [7, 11) is -2.12. The van der Waals surface area contributed by atoms with Crippen LogP contribution < -0.4 is 10.0 Å². The third kappa shape index (κ3) is 3.56. The van der Waals surface area contributed by atoms with Gasteiger partial charge in [0.25, 0.3) is 0 Å². The monoisotopic (exact) mass is 312 g/mol. The predicted octanol–water partition coefficient (Wildman–Crippen LogP) is 1.95. The third-order valence-electron chi connectivity index (χ3n) is 4.38. The van der Waals surface area contributed by atoms with E-state index in [1.54, 1.807) is 24.3 Å². The molecule has 0 aromatic heterocycles. The van der Waals surface area contributed by atoms with Crippen LogP contribution in [0.25, 0.3) is 0 Å². The van der Waals surface area contributed by atoms with Gasteiger partial charge in [-0.2, -0.15) is 0 Å². The molecule has 118 valence electrons. The van der Waals surface area contributed by atoms with Crippen molar-refractivity contribution >= 4 is 15.7 Å². The van der Waals surface area contributed by atoms with E-state index >= 15 is 0 Å². The lowest BCUT2D eigenvalue weighted by Gasteiger charge is -2.40. The maximum Gasteiger partial charge on any atom is 0.242 e. The third-order valence-corrected chi connectivity index (χ3v) is 5.85. The molecule has 0 spiro atoms. The summed E-state index contributed by atoms with van der Waals surface area (Å²) >= 11 is 0. The van der Waals surface area contributed by atoms with Crippen molar-refractivity contribution in [2.24, 2.45) is 5.92 Å². The van der Waals surface area contributed by atoms with Crippen molar-refractivity contribution in [1.82, 2.24) is 4.72 Å². The fraction of sp³-hybridized carbons (Fsp3) is 0.600. The highest BCUT2D eigenvalue weighted by Crippen LogP contribution is 2.35. The molecule has 0 atom stereocenters. The number of sulfonamides is 1. The van der Waals surface area contributed by atoms with Gasteiger partial charge in [0.1, 0.15) is 4.90 Å². The molecule has 1 saturated carbocycles. The fourth-order valence-electron chi connectivity index (χ4n) is 2.84. The summed E-state index contributed by atoms with van der Waals surface area (Å²) in [5.41, 5.74) is 0.127. The molecule has 1 aliphatic carbocycles. The van der Waals surface area contributed by atoms with Gasteiger partial charge >= 0.3 is 0 Å². The van der Waals surface area contributed by atoms with E-state index in [4.69, 9.17) is 0 Å². The van der Waals surface area contributed by atoms with Gasteiger partial charge in [0, 0.05) is 0 Å². The molecule has 3 N–H and O–H groups in total. The van der Waals surface area contributed by atoms with Gasteiger partial charge in [0.15, 0.2) is 0 Å². The van der Waals surface area contributed by atoms with Crippen molar-refractivity contribution in [2.45, 2.75) is 43.0 Å². The first-order valence-corrected chi connectivity index (χ1v) is 8.82. The van der Waals surface area contributed by atoms with Crippen LogP contribution in [-0.4, -0.2) is 32.7 Å². The summed E-state index contributed by atoms with van der Waals surface area (Å²) in [6, 6.07) is 6.82. The van der Waals surface area contributed by atoms with Crippen LogP contribution in [0.4, 0.5) is 5.69 Å². The predicted molar refractivity (Wildman–Crippen MR) is 83.8 cm³/mol. The van der Waals surface area contributed by atoms with E-state index in [0.717, 1.165) is 25.7 Å². The Balaban J connectivity index is 2.31. The molecular formula is C15H24N2O3S. The maximum atomic E-state index is 12.1. The summed E-state index contributed by atoms with van der Waals surface area (Å²) in [4.78, 5) is 0.221. The van der Waals surface area contributed by atoms with E-state index in [-0.39, 0.29) is 11.5 Å².